The minimum Gasteiger partial charge on any atom is -0.383 e. The molecule has 0 spiro atoms. The first-order valence-corrected chi connectivity index (χ1v) is 7.98. The molecule has 0 atom stereocenters. The molecular formula is C12H15ClN4O3S. The molecule has 0 bridgehead atoms. The van der Waals surface area contributed by atoms with Gasteiger partial charge in [-0.2, -0.15) is 0 Å². The fraction of sp³-hybridized carbons (Fsp3) is 0.333. The Morgan fingerprint density at radius 2 is 2.10 bits per heavy atom. The molecule has 1 aromatic heterocycles. The van der Waals surface area contributed by atoms with Crippen LogP contribution in [0.5, 0.6) is 0 Å². The quantitative estimate of drug-likeness (QED) is 0.887. The van der Waals surface area contributed by atoms with Gasteiger partial charge >= 0.3 is 0 Å². The third-order valence-corrected chi connectivity index (χ3v) is 4.14. The Labute approximate surface area is 127 Å². The average Bonchev–Trinajstić information content (AvgIpc) is 2.83. The molecule has 0 aliphatic heterocycles. The number of rotatable bonds is 5. The van der Waals surface area contributed by atoms with Crippen LogP contribution >= 0.6 is 11.6 Å². The lowest BCUT2D eigenvalue weighted by atomic mass is 10.1. The fourth-order valence-corrected chi connectivity index (χ4v) is 2.65. The molecule has 7 nitrogen and oxygen atoms in total. The van der Waals surface area contributed by atoms with Crippen LogP contribution < -0.4 is 5.14 Å². The van der Waals surface area contributed by atoms with Gasteiger partial charge in [0, 0.05) is 17.7 Å². The summed E-state index contributed by atoms with van der Waals surface area (Å²) in [7, 11) is -2.45. The number of aromatic nitrogens is 3. The Hall–Kier alpha value is -1.48. The third kappa shape index (κ3) is 3.41. The van der Waals surface area contributed by atoms with E-state index >= 15 is 0 Å². The van der Waals surface area contributed by atoms with Gasteiger partial charge in [0.1, 0.15) is 0 Å². The number of aryl methyl sites for hydroxylation is 1. The Morgan fingerprint density at radius 3 is 2.67 bits per heavy atom. The Balaban J connectivity index is 2.57. The van der Waals surface area contributed by atoms with E-state index < -0.39 is 10.0 Å². The van der Waals surface area contributed by atoms with Gasteiger partial charge < -0.3 is 4.74 Å². The first-order chi connectivity index (χ1) is 9.84. The van der Waals surface area contributed by atoms with Crippen molar-refractivity contribution in [2.45, 2.75) is 18.6 Å². The predicted octanol–water partition coefficient (Wildman–Crippen LogP) is 1.20. The topological polar surface area (TPSA) is 100 Å². The van der Waals surface area contributed by atoms with Crippen molar-refractivity contribution in [3.8, 4) is 11.4 Å². The molecule has 0 fully saturated rings. The molecule has 21 heavy (non-hydrogen) atoms. The molecule has 2 aromatic rings. The second-order valence-electron chi connectivity index (χ2n) is 4.46. The normalized spacial score (nSPS) is 11.8. The summed E-state index contributed by atoms with van der Waals surface area (Å²) in [4.78, 5) is 0. The molecule has 1 aromatic carbocycles. The maximum absolute atomic E-state index is 11.6. The van der Waals surface area contributed by atoms with Crippen LogP contribution in [-0.2, 0) is 21.3 Å². The van der Waals surface area contributed by atoms with E-state index in [1.165, 1.54) is 11.7 Å². The van der Waals surface area contributed by atoms with Gasteiger partial charge in [0.05, 0.1) is 13.2 Å². The minimum absolute atomic E-state index is 0.260. The lowest BCUT2D eigenvalue weighted by Gasteiger charge is -2.09. The standard InChI is InChI=1S/C12H15ClN4O3S/c1-8-3-4-9(7-10(8)13)11-15-16-12(21(14,18)19)17(11)5-6-20-2/h3-4,7H,5-6H2,1-2H3,(H2,14,18,19). The van der Waals surface area contributed by atoms with Crippen LogP contribution in [0.4, 0.5) is 0 Å². The van der Waals surface area contributed by atoms with Gasteiger partial charge in [0.25, 0.3) is 15.2 Å². The average molecular weight is 331 g/mol. The van der Waals surface area contributed by atoms with Crippen molar-refractivity contribution < 1.29 is 13.2 Å². The molecule has 1 heterocycles. The van der Waals surface area contributed by atoms with E-state index in [1.807, 2.05) is 13.0 Å². The van der Waals surface area contributed by atoms with E-state index in [1.54, 1.807) is 12.1 Å². The van der Waals surface area contributed by atoms with Crippen molar-refractivity contribution in [2.75, 3.05) is 13.7 Å². The molecule has 0 aliphatic rings. The number of sulfonamides is 1. The zero-order valence-corrected chi connectivity index (χ0v) is 13.1. The predicted molar refractivity (Wildman–Crippen MR) is 78.5 cm³/mol. The monoisotopic (exact) mass is 330 g/mol. The summed E-state index contributed by atoms with van der Waals surface area (Å²) in [6, 6.07) is 5.32. The number of halogens is 1. The number of benzene rings is 1. The molecule has 0 saturated carbocycles. The fourth-order valence-electron chi connectivity index (χ4n) is 1.83. The van der Waals surface area contributed by atoms with Gasteiger partial charge in [-0.3, -0.25) is 4.57 Å². The number of methoxy groups -OCH3 is 1. The van der Waals surface area contributed by atoms with Crippen molar-refractivity contribution in [1.29, 1.82) is 0 Å². The minimum atomic E-state index is -3.97. The summed E-state index contributed by atoms with van der Waals surface area (Å²) in [6.45, 7) is 2.43. The van der Waals surface area contributed by atoms with Gasteiger partial charge in [-0.25, -0.2) is 13.6 Å². The zero-order chi connectivity index (χ0) is 15.6. The van der Waals surface area contributed by atoms with Gasteiger partial charge in [0.2, 0.25) is 0 Å². The first-order valence-electron chi connectivity index (χ1n) is 6.06. The summed E-state index contributed by atoms with van der Waals surface area (Å²) in [5.41, 5.74) is 1.57. The van der Waals surface area contributed by atoms with Gasteiger partial charge in [-0.1, -0.05) is 23.7 Å². The summed E-state index contributed by atoms with van der Waals surface area (Å²) >= 11 is 6.09. The molecule has 0 saturated heterocycles. The van der Waals surface area contributed by atoms with Crippen molar-refractivity contribution in [3.63, 3.8) is 0 Å². The van der Waals surface area contributed by atoms with Gasteiger partial charge in [-0.15, -0.1) is 10.2 Å². The highest BCUT2D eigenvalue weighted by Gasteiger charge is 2.22. The summed E-state index contributed by atoms with van der Waals surface area (Å²) in [5, 5.41) is 13.0. The van der Waals surface area contributed by atoms with Crippen LogP contribution in [0.2, 0.25) is 5.02 Å². The van der Waals surface area contributed by atoms with Crippen LogP contribution in [0.1, 0.15) is 5.56 Å². The lowest BCUT2D eigenvalue weighted by molar-refractivity contribution is 0.185. The van der Waals surface area contributed by atoms with Crippen LogP contribution in [-0.4, -0.2) is 36.9 Å². The Kier molecular flexibility index (Phi) is 4.62. The molecule has 0 radical (unpaired) electrons. The zero-order valence-electron chi connectivity index (χ0n) is 11.6. The summed E-state index contributed by atoms with van der Waals surface area (Å²) < 4.78 is 29.5. The SMILES string of the molecule is COCCn1c(-c2ccc(C)c(Cl)c2)nnc1S(N)(=O)=O. The molecule has 2 rings (SSSR count). The molecule has 0 aliphatic carbocycles. The van der Waals surface area contributed by atoms with E-state index in [4.69, 9.17) is 21.5 Å². The van der Waals surface area contributed by atoms with Crippen molar-refractivity contribution in [2.24, 2.45) is 5.14 Å². The second kappa shape index (κ2) is 6.10. The van der Waals surface area contributed by atoms with Crippen LogP contribution in [0.3, 0.4) is 0 Å². The number of nitrogens with two attached hydrogens (primary N) is 1. The summed E-state index contributed by atoms with van der Waals surface area (Å²) in [6.07, 6.45) is 0. The highest BCUT2D eigenvalue weighted by atomic mass is 35.5. The highest BCUT2D eigenvalue weighted by Crippen LogP contribution is 2.25. The number of hydrogen-bond donors (Lipinski definition) is 1. The maximum atomic E-state index is 11.6. The largest absolute Gasteiger partial charge is 0.383 e. The van der Waals surface area contributed by atoms with Crippen molar-refractivity contribution >= 4 is 21.6 Å². The highest BCUT2D eigenvalue weighted by molar-refractivity contribution is 7.89. The molecule has 0 amide bonds. The first kappa shape index (κ1) is 15.9. The number of nitrogens with zero attached hydrogens (tertiary/aromatic N) is 3. The van der Waals surface area contributed by atoms with E-state index in [-0.39, 0.29) is 11.7 Å². The van der Waals surface area contributed by atoms with Gasteiger partial charge in [-0.05, 0) is 18.6 Å². The van der Waals surface area contributed by atoms with Crippen LogP contribution in [0, 0.1) is 6.92 Å². The maximum Gasteiger partial charge on any atom is 0.273 e. The Bertz CT molecular complexity index is 758. The van der Waals surface area contributed by atoms with Crippen molar-refractivity contribution in [1.82, 2.24) is 14.8 Å². The Morgan fingerprint density at radius 1 is 1.38 bits per heavy atom. The van der Waals surface area contributed by atoms with E-state index in [9.17, 15) is 8.42 Å². The molecule has 9 heteroatoms. The molecule has 0 unspecified atom stereocenters. The second-order valence-corrected chi connectivity index (χ2v) is 6.32. The molecule has 114 valence electrons. The number of hydrogen-bond acceptors (Lipinski definition) is 5. The van der Waals surface area contributed by atoms with Crippen LogP contribution in [0.25, 0.3) is 11.4 Å². The van der Waals surface area contributed by atoms with Crippen LogP contribution in [0.15, 0.2) is 23.4 Å². The van der Waals surface area contributed by atoms with E-state index in [0.29, 0.717) is 23.0 Å². The number of primary sulfonamides is 1. The van der Waals surface area contributed by atoms with E-state index in [0.717, 1.165) is 5.56 Å². The van der Waals surface area contributed by atoms with Gasteiger partial charge in [0.15, 0.2) is 5.82 Å². The molecular weight excluding hydrogens is 316 g/mol. The number of ether oxygens (including phenoxy) is 1. The smallest absolute Gasteiger partial charge is 0.273 e. The summed E-state index contributed by atoms with van der Waals surface area (Å²) in [5.74, 6) is 0.373. The third-order valence-electron chi connectivity index (χ3n) is 2.92. The molecule has 2 N–H and O–H groups in total. The lowest BCUT2D eigenvalue weighted by Crippen LogP contribution is -2.20. The van der Waals surface area contributed by atoms with E-state index in [2.05, 4.69) is 10.2 Å². The van der Waals surface area contributed by atoms with Crippen molar-refractivity contribution in [3.05, 3.63) is 28.8 Å².